The predicted molar refractivity (Wildman–Crippen MR) is 106 cm³/mol. The fourth-order valence-corrected chi connectivity index (χ4v) is 3.84. The van der Waals surface area contributed by atoms with E-state index in [1.54, 1.807) is 11.0 Å². The van der Waals surface area contributed by atoms with E-state index < -0.39 is 0 Å². The molecule has 0 radical (unpaired) electrons. The van der Waals surface area contributed by atoms with Gasteiger partial charge in [-0.15, -0.1) is 0 Å². The van der Waals surface area contributed by atoms with E-state index in [1.807, 2.05) is 17.0 Å². The van der Waals surface area contributed by atoms with Crippen molar-refractivity contribution in [3.8, 4) is 0 Å². The number of benzene rings is 1. The first-order valence-corrected chi connectivity index (χ1v) is 10.1. The average Bonchev–Trinajstić information content (AvgIpc) is 3.09. The van der Waals surface area contributed by atoms with E-state index in [9.17, 15) is 9.18 Å². The maximum Gasteiger partial charge on any atom is 0.222 e. The van der Waals surface area contributed by atoms with Gasteiger partial charge in [0.25, 0.3) is 0 Å². The first-order valence-electron chi connectivity index (χ1n) is 10.1. The molecule has 1 atom stereocenters. The molecule has 0 saturated carbocycles. The Labute approximate surface area is 166 Å². The minimum atomic E-state index is -0.206. The number of hydrogen-bond donors (Lipinski definition) is 0. The van der Waals surface area contributed by atoms with Gasteiger partial charge in [-0.1, -0.05) is 26.0 Å². The minimum absolute atomic E-state index is 0.206. The zero-order valence-corrected chi connectivity index (χ0v) is 16.8. The van der Waals surface area contributed by atoms with Crippen molar-refractivity contribution in [1.29, 1.82) is 0 Å². The van der Waals surface area contributed by atoms with Gasteiger partial charge in [0, 0.05) is 45.2 Å². The molecule has 3 rings (SSSR count). The van der Waals surface area contributed by atoms with Crippen LogP contribution in [0.3, 0.4) is 0 Å². The van der Waals surface area contributed by atoms with Gasteiger partial charge in [-0.3, -0.25) is 14.4 Å². The summed E-state index contributed by atoms with van der Waals surface area (Å²) in [4.78, 5) is 21.2. The molecule has 2 heterocycles. The van der Waals surface area contributed by atoms with Crippen molar-refractivity contribution in [3.05, 3.63) is 48.3 Å². The summed E-state index contributed by atoms with van der Waals surface area (Å²) in [5.74, 6) is 0.445. The largest absolute Gasteiger partial charge is 0.341 e. The third kappa shape index (κ3) is 5.61. The lowest BCUT2D eigenvalue weighted by atomic mass is 10.0. The van der Waals surface area contributed by atoms with Crippen LogP contribution in [0.15, 0.2) is 36.9 Å². The minimum Gasteiger partial charge on any atom is -0.341 e. The van der Waals surface area contributed by atoms with Gasteiger partial charge in [0.15, 0.2) is 0 Å². The Morgan fingerprint density at radius 1 is 1.25 bits per heavy atom. The SMILES string of the molecule is CC(C)[C@H]1CN(C(=O)CCCn2cncn2)CCCN1Cc1ccc(F)cc1. The molecule has 2 aromatic rings. The Morgan fingerprint density at radius 2 is 2.04 bits per heavy atom. The number of rotatable bonds is 7. The molecule has 1 saturated heterocycles. The second-order valence-electron chi connectivity index (χ2n) is 7.86. The Morgan fingerprint density at radius 3 is 2.71 bits per heavy atom. The van der Waals surface area contributed by atoms with Gasteiger partial charge in [0.2, 0.25) is 5.91 Å². The van der Waals surface area contributed by atoms with Gasteiger partial charge in [-0.25, -0.2) is 9.37 Å². The summed E-state index contributed by atoms with van der Waals surface area (Å²) < 4.78 is 15.0. The number of aryl methyl sites for hydroxylation is 1. The van der Waals surface area contributed by atoms with Gasteiger partial charge < -0.3 is 4.90 Å². The lowest BCUT2D eigenvalue weighted by Crippen LogP contribution is -2.45. The Hall–Kier alpha value is -2.28. The number of carbonyl (C=O) groups is 1. The summed E-state index contributed by atoms with van der Waals surface area (Å²) in [6.07, 6.45) is 5.45. The molecule has 0 N–H and O–H groups in total. The average molecular weight is 388 g/mol. The van der Waals surface area contributed by atoms with Crippen LogP contribution >= 0.6 is 0 Å². The highest BCUT2D eigenvalue weighted by atomic mass is 19.1. The standard InChI is InChI=1S/C21H30FN5O/c1-17(2)20-14-26(21(28)5-3-12-27-16-23-15-24-27)11-4-10-25(20)13-18-6-8-19(22)9-7-18/h6-9,15-17,20H,3-5,10-14H2,1-2H3/t20-/m1/s1. The molecule has 1 aliphatic heterocycles. The van der Waals surface area contributed by atoms with E-state index in [0.717, 1.165) is 44.6 Å². The molecule has 1 fully saturated rings. The Balaban J connectivity index is 1.58. The van der Waals surface area contributed by atoms with Crippen LogP contribution in [0.5, 0.6) is 0 Å². The van der Waals surface area contributed by atoms with E-state index in [2.05, 4.69) is 28.8 Å². The summed E-state index contributed by atoms with van der Waals surface area (Å²) in [7, 11) is 0. The molecule has 1 aliphatic rings. The summed E-state index contributed by atoms with van der Waals surface area (Å²) in [6.45, 7) is 8.42. The van der Waals surface area contributed by atoms with Crippen LogP contribution in [0, 0.1) is 11.7 Å². The second kappa shape index (κ2) is 9.78. The molecule has 0 bridgehead atoms. The van der Waals surface area contributed by atoms with E-state index in [0.29, 0.717) is 24.9 Å². The zero-order chi connectivity index (χ0) is 19.9. The van der Waals surface area contributed by atoms with Crippen molar-refractivity contribution in [3.63, 3.8) is 0 Å². The van der Waals surface area contributed by atoms with Crippen molar-refractivity contribution in [2.45, 2.75) is 52.2 Å². The second-order valence-corrected chi connectivity index (χ2v) is 7.86. The molecule has 1 aromatic heterocycles. The summed E-state index contributed by atoms with van der Waals surface area (Å²) in [5, 5.41) is 4.08. The number of carbonyl (C=O) groups excluding carboxylic acids is 1. The van der Waals surface area contributed by atoms with Gasteiger partial charge in [0.1, 0.15) is 18.5 Å². The zero-order valence-electron chi connectivity index (χ0n) is 16.8. The van der Waals surface area contributed by atoms with E-state index in [1.165, 1.54) is 18.5 Å². The number of halogens is 1. The molecule has 0 spiro atoms. The monoisotopic (exact) mass is 387 g/mol. The third-order valence-electron chi connectivity index (χ3n) is 5.42. The molecule has 1 aromatic carbocycles. The van der Waals surface area contributed by atoms with Crippen LogP contribution in [0.1, 0.15) is 38.7 Å². The van der Waals surface area contributed by atoms with Crippen molar-refractivity contribution < 1.29 is 9.18 Å². The lowest BCUT2D eigenvalue weighted by Gasteiger charge is -2.34. The van der Waals surface area contributed by atoms with E-state index in [-0.39, 0.29) is 11.7 Å². The third-order valence-corrected chi connectivity index (χ3v) is 5.42. The molecule has 1 amide bonds. The first kappa shape index (κ1) is 20.5. The van der Waals surface area contributed by atoms with Crippen LogP contribution in [0.2, 0.25) is 0 Å². The molecule has 6 nitrogen and oxygen atoms in total. The van der Waals surface area contributed by atoms with Gasteiger partial charge in [0.05, 0.1) is 0 Å². The van der Waals surface area contributed by atoms with Crippen LogP contribution in [0.25, 0.3) is 0 Å². The number of hydrogen-bond acceptors (Lipinski definition) is 4. The molecular weight excluding hydrogens is 357 g/mol. The van der Waals surface area contributed by atoms with Gasteiger partial charge in [-0.2, -0.15) is 5.10 Å². The Bertz CT molecular complexity index is 732. The lowest BCUT2D eigenvalue weighted by molar-refractivity contribution is -0.131. The maximum absolute atomic E-state index is 13.2. The van der Waals surface area contributed by atoms with Gasteiger partial charge in [-0.05, 0) is 36.5 Å². The molecule has 7 heteroatoms. The summed E-state index contributed by atoms with van der Waals surface area (Å²) >= 11 is 0. The number of nitrogens with zero attached hydrogens (tertiary/aromatic N) is 5. The van der Waals surface area contributed by atoms with Crippen LogP contribution in [-0.4, -0.2) is 56.1 Å². The molecule has 0 unspecified atom stereocenters. The van der Waals surface area contributed by atoms with Crippen LogP contribution < -0.4 is 0 Å². The highest BCUT2D eigenvalue weighted by molar-refractivity contribution is 5.76. The quantitative estimate of drug-likeness (QED) is 0.733. The van der Waals surface area contributed by atoms with Crippen molar-refractivity contribution in [2.75, 3.05) is 19.6 Å². The van der Waals surface area contributed by atoms with Gasteiger partial charge >= 0.3 is 0 Å². The smallest absolute Gasteiger partial charge is 0.222 e. The first-order chi connectivity index (χ1) is 13.5. The topological polar surface area (TPSA) is 54.3 Å². The maximum atomic E-state index is 13.2. The van der Waals surface area contributed by atoms with Crippen LogP contribution in [-0.2, 0) is 17.9 Å². The normalized spacial score (nSPS) is 18.4. The highest BCUT2D eigenvalue weighted by Crippen LogP contribution is 2.21. The highest BCUT2D eigenvalue weighted by Gasteiger charge is 2.29. The summed E-state index contributed by atoms with van der Waals surface area (Å²) in [6, 6.07) is 7.03. The fraction of sp³-hybridized carbons (Fsp3) is 0.571. The fourth-order valence-electron chi connectivity index (χ4n) is 3.84. The Kier molecular flexibility index (Phi) is 7.14. The van der Waals surface area contributed by atoms with Crippen LogP contribution in [0.4, 0.5) is 4.39 Å². The predicted octanol–water partition coefficient (Wildman–Crippen LogP) is 2.96. The molecule has 152 valence electrons. The van der Waals surface area contributed by atoms with E-state index >= 15 is 0 Å². The van der Waals surface area contributed by atoms with Crippen molar-refractivity contribution in [1.82, 2.24) is 24.6 Å². The molecule has 0 aliphatic carbocycles. The van der Waals surface area contributed by atoms with E-state index in [4.69, 9.17) is 0 Å². The molecular formula is C21H30FN5O. The van der Waals surface area contributed by atoms with Crippen molar-refractivity contribution >= 4 is 5.91 Å². The number of amides is 1. The number of aromatic nitrogens is 3. The molecule has 28 heavy (non-hydrogen) atoms. The van der Waals surface area contributed by atoms with Crippen molar-refractivity contribution in [2.24, 2.45) is 5.92 Å². The summed E-state index contributed by atoms with van der Waals surface area (Å²) in [5.41, 5.74) is 1.11.